The molecular weight excluding hydrogens is 254 g/mol. The van der Waals surface area contributed by atoms with Crippen LogP contribution in [0.25, 0.3) is 0 Å². The smallest absolute Gasteiger partial charge is 0.331 e. The highest BCUT2D eigenvalue weighted by molar-refractivity contribution is 8.01. The van der Waals surface area contributed by atoms with Crippen LogP contribution in [-0.4, -0.2) is 60.2 Å². The molecule has 1 aliphatic heterocycles. The van der Waals surface area contributed by atoms with Crippen LogP contribution < -0.4 is 0 Å². The average molecular weight is 275 g/mol. The minimum atomic E-state index is -0.600. The third-order valence-electron chi connectivity index (χ3n) is 2.55. The van der Waals surface area contributed by atoms with Crippen molar-refractivity contribution in [2.75, 3.05) is 32.6 Å². The van der Waals surface area contributed by atoms with Gasteiger partial charge in [0.05, 0.1) is 26.1 Å². The van der Waals surface area contributed by atoms with Crippen LogP contribution in [0.3, 0.4) is 0 Å². The van der Waals surface area contributed by atoms with Crippen LogP contribution in [0, 0.1) is 0 Å². The lowest BCUT2D eigenvalue weighted by Crippen LogP contribution is -2.53. The van der Waals surface area contributed by atoms with Crippen molar-refractivity contribution in [3.8, 4) is 0 Å². The topological polar surface area (TPSA) is 55.8 Å². The summed E-state index contributed by atoms with van der Waals surface area (Å²) in [6.07, 6.45) is 0. The maximum absolute atomic E-state index is 12.1. The number of thioether (sulfide) groups is 1. The summed E-state index contributed by atoms with van der Waals surface area (Å²) in [5.74, 6) is -0.0748. The van der Waals surface area contributed by atoms with Gasteiger partial charge in [-0.15, -0.1) is 11.8 Å². The van der Waals surface area contributed by atoms with Gasteiger partial charge in [0.1, 0.15) is 0 Å². The third kappa shape index (κ3) is 4.49. The molecule has 0 saturated carbocycles. The van der Waals surface area contributed by atoms with Crippen LogP contribution in [0.4, 0.5) is 0 Å². The van der Waals surface area contributed by atoms with E-state index >= 15 is 0 Å². The molecule has 18 heavy (non-hydrogen) atoms. The molecule has 104 valence electrons. The van der Waals surface area contributed by atoms with Gasteiger partial charge in [-0.25, -0.2) is 4.79 Å². The highest BCUT2D eigenvalue weighted by atomic mass is 32.2. The van der Waals surface area contributed by atoms with E-state index in [9.17, 15) is 9.59 Å². The number of methoxy groups -OCH3 is 1. The molecule has 1 heterocycles. The summed E-state index contributed by atoms with van der Waals surface area (Å²) in [5.41, 5.74) is 0. The Morgan fingerprint density at radius 3 is 2.67 bits per heavy atom. The predicted octanol–water partition coefficient (Wildman–Crippen LogP) is 0.918. The number of amides is 1. The van der Waals surface area contributed by atoms with Crippen LogP contribution in [0.1, 0.15) is 20.8 Å². The SMILES string of the molecule is COC(=O)C1COCCN1C(=O)CSC(C)(C)C. The second kappa shape index (κ2) is 6.43. The monoisotopic (exact) mass is 275 g/mol. The van der Waals surface area contributed by atoms with E-state index in [1.807, 2.05) is 0 Å². The highest BCUT2D eigenvalue weighted by Crippen LogP contribution is 2.24. The van der Waals surface area contributed by atoms with Crippen molar-refractivity contribution in [1.82, 2.24) is 4.90 Å². The Balaban J connectivity index is 2.60. The number of carbonyl (C=O) groups excluding carboxylic acids is 2. The number of nitrogens with zero attached hydrogens (tertiary/aromatic N) is 1. The molecule has 1 saturated heterocycles. The Labute approximate surface area is 112 Å². The predicted molar refractivity (Wildman–Crippen MR) is 70.5 cm³/mol. The van der Waals surface area contributed by atoms with Gasteiger partial charge in [0.25, 0.3) is 0 Å². The van der Waals surface area contributed by atoms with Crippen molar-refractivity contribution in [3.63, 3.8) is 0 Å². The van der Waals surface area contributed by atoms with E-state index in [1.54, 1.807) is 16.7 Å². The van der Waals surface area contributed by atoms with Gasteiger partial charge in [-0.1, -0.05) is 20.8 Å². The summed E-state index contributed by atoms with van der Waals surface area (Å²) in [7, 11) is 1.32. The van der Waals surface area contributed by atoms with Gasteiger partial charge in [-0.2, -0.15) is 0 Å². The van der Waals surface area contributed by atoms with Gasteiger partial charge in [0.2, 0.25) is 5.91 Å². The van der Waals surface area contributed by atoms with E-state index in [0.717, 1.165) is 0 Å². The minimum absolute atomic E-state index is 0.0305. The van der Waals surface area contributed by atoms with Crippen molar-refractivity contribution in [1.29, 1.82) is 0 Å². The van der Waals surface area contributed by atoms with Gasteiger partial charge in [0.15, 0.2) is 6.04 Å². The van der Waals surface area contributed by atoms with Gasteiger partial charge in [0, 0.05) is 11.3 Å². The fourth-order valence-electron chi connectivity index (χ4n) is 1.59. The summed E-state index contributed by atoms with van der Waals surface area (Å²) in [6, 6.07) is -0.600. The molecule has 0 aromatic heterocycles. The zero-order valence-electron chi connectivity index (χ0n) is 11.4. The molecule has 1 aliphatic rings. The molecule has 5 nitrogen and oxygen atoms in total. The fourth-order valence-corrected chi connectivity index (χ4v) is 2.32. The Bertz CT molecular complexity index is 314. The Hall–Kier alpha value is -0.750. The lowest BCUT2D eigenvalue weighted by atomic mass is 10.2. The molecule has 6 heteroatoms. The second-order valence-electron chi connectivity index (χ2n) is 5.10. The number of hydrogen-bond acceptors (Lipinski definition) is 5. The zero-order valence-corrected chi connectivity index (χ0v) is 12.2. The molecule has 1 fully saturated rings. The van der Waals surface area contributed by atoms with Gasteiger partial charge in [-0.05, 0) is 0 Å². The fraction of sp³-hybridized carbons (Fsp3) is 0.833. The summed E-state index contributed by atoms with van der Waals surface area (Å²) >= 11 is 1.57. The Morgan fingerprint density at radius 1 is 1.44 bits per heavy atom. The molecule has 0 spiro atoms. The van der Waals surface area contributed by atoms with Gasteiger partial charge < -0.3 is 14.4 Å². The number of carbonyl (C=O) groups is 2. The third-order valence-corrected chi connectivity index (χ3v) is 3.81. The van der Waals surface area contributed by atoms with E-state index in [2.05, 4.69) is 20.8 Å². The molecule has 0 radical (unpaired) electrons. The molecule has 0 aliphatic carbocycles. The van der Waals surface area contributed by atoms with Crippen molar-refractivity contribution in [2.24, 2.45) is 0 Å². The van der Waals surface area contributed by atoms with Gasteiger partial charge in [-0.3, -0.25) is 4.79 Å². The molecule has 1 rings (SSSR count). The summed E-state index contributed by atoms with van der Waals surface area (Å²) in [4.78, 5) is 25.3. The first-order chi connectivity index (χ1) is 8.35. The van der Waals surface area contributed by atoms with E-state index in [-0.39, 0.29) is 17.3 Å². The standard InChI is InChI=1S/C12H21NO4S/c1-12(2,3)18-8-10(14)13-5-6-17-7-9(13)11(15)16-4/h9H,5-8H2,1-4H3. The van der Waals surface area contributed by atoms with Crippen molar-refractivity contribution in [3.05, 3.63) is 0 Å². The molecule has 0 aromatic carbocycles. The minimum Gasteiger partial charge on any atom is -0.467 e. The highest BCUT2D eigenvalue weighted by Gasteiger charge is 2.33. The largest absolute Gasteiger partial charge is 0.467 e. The van der Waals surface area contributed by atoms with Crippen molar-refractivity contribution < 1.29 is 19.1 Å². The second-order valence-corrected chi connectivity index (χ2v) is 6.90. The Morgan fingerprint density at radius 2 is 2.11 bits per heavy atom. The summed E-state index contributed by atoms with van der Waals surface area (Å²) < 4.78 is 9.96. The van der Waals surface area contributed by atoms with Crippen molar-refractivity contribution >= 4 is 23.6 Å². The molecular formula is C12H21NO4S. The van der Waals surface area contributed by atoms with E-state index < -0.39 is 12.0 Å². The maximum atomic E-state index is 12.1. The van der Waals surface area contributed by atoms with Gasteiger partial charge >= 0.3 is 5.97 Å². The number of esters is 1. The average Bonchev–Trinajstić information content (AvgIpc) is 2.34. The normalized spacial score (nSPS) is 20.7. The molecule has 0 aromatic rings. The first-order valence-electron chi connectivity index (χ1n) is 5.94. The quantitative estimate of drug-likeness (QED) is 0.717. The Kier molecular flexibility index (Phi) is 5.47. The van der Waals surface area contributed by atoms with Crippen LogP contribution in [0.15, 0.2) is 0 Å². The van der Waals surface area contributed by atoms with Crippen LogP contribution in [-0.2, 0) is 19.1 Å². The molecule has 0 N–H and O–H groups in total. The molecule has 1 unspecified atom stereocenters. The lowest BCUT2D eigenvalue weighted by molar-refractivity contribution is -0.159. The first-order valence-corrected chi connectivity index (χ1v) is 6.92. The number of morpholine rings is 1. The lowest BCUT2D eigenvalue weighted by Gasteiger charge is -2.34. The number of ether oxygens (including phenoxy) is 2. The van der Waals surface area contributed by atoms with Crippen LogP contribution in [0.2, 0.25) is 0 Å². The number of hydrogen-bond donors (Lipinski definition) is 0. The summed E-state index contributed by atoms with van der Waals surface area (Å²) in [6.45, 7) is 7.31. The van der Waals surface area contributed by atoms with Crippen LogP contribution in [0.5, 0.6) is 0 Å². The van der Waals surface area contributed by atoms with Crippen molar-refractivity contribution in [2.45, 2.75) is 31.6 Å². The van der Waals surface area contributed by atoms with E-state index in [0.29, 0.717) is 18.9 Å². The van der Waals surface area contributed by atoms with E-state index in [4.69, 9.17) is 9.47 Å². The molecule has 0 bridgehead atoms. The summed E-state index contributed by atoms with van der Waals surface area (Å²) in [5, 5.41) is 0. The first kappa shape index (κ1) is 15.3. The zero-order chi connectivity index (χ0) is 13.8. The van der Waals surface area contributed by atoms with E-state index in [1.165, 1.54) is 7.11 Å². The van der Waals surface area contributed by atoms with Crippen LogP contribution >= 0.6 is 11.8 Å². The molecule has 1 atom stereocenters. The molecule has 1 amide bonds. The number of rotatable bonds is 3. The maximum Gasteiger partial charge on any atom is 0.331 e.